The molecule has 0 bridgehead atoms. The lowest BCUT2D eigenvalue weighted by Gasteiger charge is -2.13. The average Bonchev–Trinajstić information content (AvgIpc) is 2.61. The van der Waals surface area contributed by atoms with Gasteiger partial charge in [0.25, 0.3) is 0 Å². The second-order valence-corrected chi connectivity index (χ2v) is 3.65. The number of ether oxygens (including phenoxy) is 1. The predicted octanol–water partition coefficient (Wildman–Crippen LogP) is 1.50. The van der Waals surface area contributed by atoms with Gasteiger partial charge in [-0.1, -0.05) is 12.1 Å². The number of benzene rings is 1. The minimum atomic E-state index is -0.511. The number of carbonyl (C=O) groups is 1. The van der Waals surface area contributed by atoms with Crippen LogP contribution in [-0.4, -0.2) is 25.3 Å². The molecule has 1 aromatic rings. The van der Waals surface area contributed by atoms with Crippen molar-refractivity contribution in [1.82, 2.24) is 0 Å². The van der Waals surface area contributed by atoms with E-state index in [1.807, 2.05) is 0 Å². The van der Waals surface area contributed by atoms with Gasteiger partial charge in [0.15, 0.2) is 0 Å². The van der Waals surface area contributed by atoms with Crippen molar-refractivity contribution in [2.24, 2.45) is 5.73 Å². The van der Waals surface area contributed by atoms with Crippen molar-refractivity contribution in [3.8, 4) is 0 Å². The Morgan fingerprint density at radius 2 is 2.25 bits per heavy atom. The van der Waals surface area contributed by atoms with E-state index in [0.717, 1.165) is 0 Å². The third-order valence-electron chi connectivity index (χ3n) is 2.51. The van der Waals surface area contributed by atoms with Crippen molar-refractivity contribution >= 4 is 11.8 Å². The lowest BCUT2D eigenvalue weighted by atomic mass is 10.2. The molecule has 2 rings (SSSR count). The zero-order valence-corrected chi connectivity index (χ0v) is 8.73. The lowest BCUT2D eigenvalue weighted by Crippen LogP contribution is -2.26. The number of halogens is 1. The topological polar surface area (TPSA) is 55.6 Å². The molecular formula is C11H13FN2O2. The summed E-state index contributed by atoms with van der Waals surface area (Å²) in [6, 6.07) is 6.14. The molecule has 1 heterocycles. The first-order valence-electron chi connectivity index (χ1n) is 5.15. The van der Waals surface area contributed by atoms with Gasteiger partial charge in [-0.15, -0.1) is 0 Å². The molecule has 0 saturated carbocycles. The molecule has 2 N–H and O–H groups in total. The molecule has 1 aliphatic rings. The normalized spacial score (nSPS) is 20.0. The maximum atomic E-state index is 13.5. The summed E-state index contributed by atoms with van der Waals surface area (Å²) in [6.45, 7) is 0.806. The van der Waals surface area contributed by atoms with Crippen molar-refractivity contribution in [2.45, 2.75) is 12.5 Å². The fourth-order valence-corrected chi connectivity index (χ4v) is 1.73. The van der Waals surface area contributed by atoms with Crippen molar-refractivity contribution < 1.29 is 13.9 Å². The summed E-state index contributed by atoms with van der Waals surface area (Å²) in [4.78, 5) is 12.8. The van der Waals surface area contributed by atoms with Crippen LogP contribution in [0, 0.1) is 5.82 Å². The molecule has 16 heavy (non-hydrogen) atoms. The van der Waals surface area contributed by atoms with Crippen LogP contribution in [0.3, 0.4) is 0 Å². The number of rotatable bonds is 3. The van der Waals surface area contributed by atoms with Crippen LogP contribution in [-0.2, 0) is 4.74 Å². The van der Waals surface area contributed by atoms with Gasteiger partial charge in [-0.25, -0.2) is 9.18 Å². The summed E-state index contributed by atoms with van der Waals surface area (Å²) >= 11 is 0. The maximum Gasteiger partial charge on any atom is 0.414 e. The van der Waals surface area contributed by atoms with E-state index >= 15 is 0 Å². The first-order chi connectivity index (χ1) is 7.72. The van der Waals surface area contributed by atoms with E-state index < -0.39 is 11.9 Å². The Morgan fingerprint density at radius 3 is 2.94 bits per heavy atom. The molecule has 1 atom stereocenters. The van der Waals surface area contributed by atoms with Crippen LogP contribution in [0.5, 0.6) is 0 Å². The highest BCUT2D eigenvalue weighted by molar-refractivity contribution is 5.89. The standard InChI is InChI=1S/C11H13FN2O2/c12-9-3-1-2-4-10(9)14-7-8(5-6-13)16-11(14)15/h1-4,8H,5-7,13H2. The molecule has 0 aromatic heterocycles. The highest BCUT2D eigenvalue weighted by Crippen LogP contribution is 2.24. The molecule has 0 spiro atoms. The zero-order valence-electron chi connectivity index (χ0n) is 8.73. The van der Waals surface area contributed by atoms with E-state index in [2.05, 4.69) is 0 Å². The molecule has 1 aromatic carbocycles. The molecule has 1 unspecified atom stereocenters. The van der Waals surface area contributed by atoms with Gasteiger partial charge in [0.1, 0.15) is 11.9 Å². The minimum absolute atomic E-state index is 0.239. The van der Waals surface area contributed by atoms with E-state index in [1.54, 1.807) is 18.2 Å². The number of carbonyl (C=O) groups excluding carboxylic acids is 1. The quantitative estimate of drug-likeness (QED) is 0.846. The summed E-state index contributed by atoms with van der Waals surface area (Å²) in [5, 5.41) is 0. The Balaban J connectivity index is 2.17. The number of amides is 1. The molecule has 1 amide bonds. The second-order valence-electron chi connectivity index (χ2n) is 3.65. The van der Waals surface area contributed by atoms with Gasteiger partial charge in [0.05, 0.1) is 12.2 Å². The molecular weight excluding hydrogens is 211 g/mol. The molecule has 1 aliphatic heterocycles. The van der Waals surface area contributed by atoms with Crippen molar-refractivity contribution in [1.29, 1.82) is 0 Å². The summed E-state index contributed by atoms with van der Waals surface area (Å²) in [6.07, 6.45) is -0.155. The van der Waals surface area contributed by atoms with E-state index in [-0.39, 0.29) is 11.8 Å². The third kappa shape index (κ3) is 1.99. The molecule has 5 heteroatoms. The van der Waals surface area contributed by atoms with Gasteiger partial charge in [-0.2, -0.15) is 0 Å². The minimum Gasteiger partial charge on any atom is -0.444 e. The Bertz CT molecular complexity index is 397. The van der Waals surface area contributed by atoms with E-state index in [4.69, 9.17) is 10.5 Å². The maximum absolute atomic E-state index is 13.5. The number of para-hydroxylation sites is 1. The first-order valence-corrected chi connectivity index (χ1v) is 5.15. The number of hydrogen-bond donors (Lipinski definition) is 1. The highest BCUT2D eigenvalue weighted by atomic mass is 19.1. The summed E-state index contributed by atoms with van der Waals surface area (Å²) in [5.74, 6) is -0.423. The lowest BCUT2D eigenvalue weighted by molar-refractivity contribution is 0.138. The fourth-order valence-electron chi connectivity index (χ4n) is 1.73. The van der Waals surface area contributed by atoms with Gasteiger partial charge in [-0.3, -0.25) is 4.90 Å². The summed E-state index contributed by atoms with van der Waals surface area (Å²) in [7, 11) is 0. The van der Waals surface area contributed by atoms with Gasteiger partial charge < -0.3 is 10.5 Å². The number of anilines is 1. The van der Waals surface area contributed by atoms with Gasteiger partial charge in [-0.05, 0) is 25.1 Å². The zero-order chi connectivity index (χ0) is 11.5. The van der Waals surface area contributed by atoms with Crippen LogP contribution in [0.15, 0.2) is 24.3 Å². The first kappa shape index (κ1) is 10.9. The van der Waals surface area contributed by atoms with Gasteiger partial charge in [0, 0.05) is 0 Å². The summed E-state index contributed by atoms with van der Waals surface area (Å²) in [5.41, 5.74) is 5.64. The van der Waals surface area contributed by atoms with Gasteiger partial charge >= 0.3 is 6.09 Å². The number of nitrogens with zero attached hydrogens (tertiary/aromatic N) is 1. The average molecular weight is 224 g/mol. The Hall–Kier alpha value is -1.62. The number of hydrogen-bond acceptors (Lipinski definition) is 3. The second kappa shape index (κ2) is 4.49. The van der Waals surface area contributed by atoms with Crippen LogP contribution in [0.1, 0.15) is 6.42 Å². The monoisotopic (exact) mass is 224 g/mol. The molecule has 1 saturated heterocycles. The fraction of sp³-hybridized carbons (Fsp3) is 0.364. The van der Waals surface area contributed by atoms with Crippen molar-refractivity contribution in [2.75, 3.05) is 18.0 Å². The highest BCUT2D eigenvalue weighted by Gasteiger charge is 2.32. The van der Waals surface area contributed by atoms with Crippen LogP contribution in [0.4, 0.5) is 14.9 Å². The van der Waals surface area contributed by atoms with E-state index in [0.29, 0.717) is 19.5 Å². The Morgan fingerprint density at radius 1 is 1.50 bits per heavy atom. The molecule has 0 aliphatic carbocycles. The van der Waals surface area contributed by atoms with Crippen LogP contribution in [0.25, 0.3) is 0 Å². The predicted molar refractivity (Wildman–Crippen MR) is 57.7 cm³/mol. The molecule has 86 valence electrons. The third-order valence-corrected chi connectivity index (χ3v) is 2.51. The van der Waals surface area contributed by atoms with Crippen LogP contribution in [0.2, 0.25) is 0 Å². The van der Waals surface area contributed by atoms with Crippen LogP contribution < -0.4 is 10.6 Å². The number of cyclic esters (lactones) is 1. The Labute approximate surface area is 92.8 Å². The van der Waals surface area contributed by atoms with Gasteiger partial charge in [0.2, 0.25) is 0 Å². The summed E-state index contributed by atoms with van der Waals surface area (Å²) < 4.78 is 18.5. The largest absolute Gasteiger partial charge is 0.444 e. The van der Waals surface area contributed by atoms with E-state index in [9.17, 15) is 9.18 Å². The SMILES string of the molecule is NCCC1CN(c2ccccc2F)C(=O)O1. The molecule has 4 nitrogen and oxygen atoms in total. The van der Waals surface area contributed by atoms with Crippen molar-refractivity contribution in [3.05, 3.63) is 30.1 Å². The van der Waals surface area contributed by atoms with E-state index in [1.165, 1.54) is 11.0 Å². The molecule has 0 radical (unpaired) electrons. The smallest absolute Gasteiger partial charge is 0.414 e. The number of nitrogens with two attached hydrogens (primary N) is 1. The van der Waals surface area contributed by atoms with Crippen LogP contribution >= 0.6 is 0 Å². The van der Waals surface area contributed by atoms with Crippen molar-refractivity contribution in [3.63, 3.8) is 0 Å². The Kier molecular flexibility index (Phi) is 3.05. The molecule has 1 fully saturated rings.